The van der Waals surface area contributed by atoms with E-state index in [1.165, 1.54) is 6.42 Å². The Morgan fingerprint density at radius 3 is 2.62 bits per heavy atom. The molecule has 6 nitrogen and oxygen atoms in total. The Labute approximate surface area is 167 Å². The largest absolute Gasteiger partial charge is 0.356 e. The monoisotopic (exact) mass is 399 g/mol. The summed E-state index contributed by atoms with van der Waals surface area (Å²) in [6.07, 6.45) is 6.17. The van der Waals surface area contributed by atoms with E-state index >= 15 is 0 Å². The molecular weight excluding hydrogens is 376 g/mol. The number of halogens is 2. The lowest BCUT2D eigenvalue weighted by Crippen LogP contribution is -2.39. The summed E-state index contributed by atoms with van der Waals surface area (Å²) in [5.41, 5.74) is 0.214. The number of pyridine rings is 2. The molecule has 152 valence electrons. The molecular formula is C21H23F2N5O. The van der Waals surface area contributed by atoms with Crippen LogP contribution < -0.4 is 10.2 Å². The van der Waals surface area contributed by atoms with Crippen molar-refractivity contribution in [3.63, 3.8) is 0 Å². The second-order valence-corrected chi connectivity index (χ2v) is 7.90. The smallest absolute Gasteiger partial charge is 0.251 e. The third kappa shape index (κ3) is 4.29. The van der Waals surface area contributed by atoms with Crippen molar-refractivity contribution in [2.45, 2.75) is 50.9 Å². The SMILES string of the molecule is N#Cc1cc2cnc(NC(=O)C3CCCCC3)cc2c(N2CCC(F)(F)CC2)n1. The Bertz CT molecular complexity index is 955. The molecule has 2 aromatic heterocycles. The van der Waals surface area contributed by atoms with Gasteiger partial charge in [0.05, 0.1) is 0 Å². The molecule has 1 saturated carbocycles. The van der Waals surface area contributed by atoms with Gasteiger partial charge in [-0.15, -0.1) is 0 Å². The summed E-state index contributed by atoms with van der Waals surface area (Å²) in [6.45, 7) is 0.326. The van der Waals surface area contributed by atoms with Gasteiger partial charge in [-0.2, -0.15) is 5.26 Å². The molecule has 2 aliphatic rings. The van der Waals surface area contributed by atoms with Gasteiger partial charge in [-0.3, -0.25) is 4.79 Å². The Morgan fingerprint density at radius 1 is 1.21 bits per heavy atom. The van der Waals surface area contributed by atoms with Gasteiger partial charge in [0.1, 0.15) is 23.4 Å². The second kappa shape index (κ2) is 7.90. The van der Waals surface area contributed by atoms with Crippen molar-refractivity contribution in [3.05, 3.63) is 24.0 Å². The number of nitrogens with one attached hydrogen (secondary N) is 1. The average Bonchev–Trinajstić information content (AvgIpc) is 2.73. The lowest BCUT2D eigenvalue weighted by molar-refractivity contribution is -0.120. The van der Waals surface area contributed by atoms with Crippen molar-refractivity contribution >= 4 is 28.3 Å². The molecule has 3 heterocycles. The van der Waals surface area contributed by atoms with Crippen LogP contribution in [0, 0.1) is 17.2 Å². The van der Waals surface area contributed by atoms with Gasteiger partial charge in [-0.05, 0) is 25.0 Å². The molecule has 0 aromatic carbocycles. The normalized spacial score (nSPS) is 19.7. The molecule has 0 radical (unpaired) electrons. The van der Waals surface area contributed by atoms with Crippen molar-refractivity contribution in [2.24, 2.45) is 5.92 Å². The van der Waals surface area contributed by atoms with Crippen molar-refractivity contribution in [1.29, 1.82) is 5.26 Å². The summed E-state index contributed by atoms with van der Waals surface area (Å²) < 4.78 is 27.2. The molecule has 2 fully saturated rings. The van der Waals surface area contributed by atoms with Crippen LogP contribution in [0.25, 0.3) is 10.8 Å². The van der Waals surface area contributed by atoms with Crippen LogP contribution in [0.15, 0.2) is 18.3 Å². The number of alkyl halides is 2. The highest BCUT2D eigenvalue weighted by atomic mass is 19.3. The molecule has 1 amide bonds. The number of hydrogen-bond acceptors (Lipinski definition) is 5. The van der Waals surface area contributed by atoms with Gasteiger partial charge in [0.25, 0.3) is 5.92 Å². The van der Waals surface area contributed by atoms with Crippen LogP contribution in [0.3, 0.4) is 0 Å². The molecule has 1 saturated heterocycles. The number of nitriles is 1. The first-order valence-electron chi connectivity index (χ1n) is 10.1. The van der Waals surface area contributed by atoms with Crippen LogP contribution in [0.1, 0.15) is 50.6 Å². The summed E-state index contributed by atoms with van der Waals surface area (Å²) in [6, 6.07) is 5.37. The highest BCUT2D eigenvalue weighted by Gasteiger charge is 2.35. The Hall–Kier alpha value is -2.82. The topological polar surface area (TPSA) is 81.9 Å². The van der Waals surface area contributed by atoms with Gasteiger partial charge < -0.3 is 10.2 Å². The predicted molar refractivity (Wildman–Crippen MR) is 106 cm³/mol. The molecule has 1 aliphatic carbocycles. The zero-order chi connectivity index (χ0) is 20.4. The van der Waals surface area contributed by atoms with Gasteiger partial charge in [0.15, 0.2) is 0 Å². The predicted octanol–water partition coefficient (Wildman–Crippen LogP) is 4.26. The summed E-state index contributed by atoms with van der Waals surface area (Å²) >= 11 is 0. The molecule has 29 heavy (non-hydrogen) atoms. The molecule has 0 spiro atoms. The van der Waals surface area contributed by atoms with E-state index < -0.39 is 5.92 Å². The van der Waals surface area contributed by atoms with E-state index in [1.807, 2.05) is 6.07 Å². The number of carbonyl (C=O) groups excluding carboxylic acids is 1. The van der Waals surface area contributed by atoms with Gasteiger partial charge in [0.2, 0.25) is 5.91 Å². The Morgan fingerprint density at radius 2 is 1.93 bits per heavy atom. The third-order valence-electron chi connectivity index (χ3n) is 5.83. The highest BCUT2D eigenvalue weighted by Crippen LogP contribution is 2.34. The summed E-state index contributed by atoms with van der Waals surface area (Å²) in [5.74, 6) is -1.78. The molecule has 0 unspecified atom stereocenters. The molecule has 2 aromatic rings. The number of rotatable bonds is 3. The van der Waals surface area contributed by atoms with E-state index in [9.17, 15) is 18.8 Å². The number of amides is 1. The number of piperidine rings is 1. The maximum Gasteiger partial charge on any atom is 0.251 e. The number of hydrogen-bond donors (Lipinski definition) is 1. The van der Waals surface area contributed by atoms with Gasteiger partial charge in [0, 0.05) is 48.8 Å². The molecule has 8 heteroatoms. The molecule has 1 N–H and O–H groups in total. The lowest BCUT2D eigenvalue weighted by Gasteiger charge is -2.33. The minimum Gasteiger partial charge on any atom is -0.356 e. The van der Waals surface area contributed by atoms with E-state index in [0.717, 1.165) is 25.7 Å². The zero-order valence-corrected chi connectivity index (χ0v) is 16.1. The van der Waals surface area contributed by atoms with Crippen LogP contribution in [0.4, 0.5) is 20.4 Å². The number of carbonyl (C=O) groups is 1. The van der Waals surface area contributed by atoms with Crippen LogP contribution >= 0.6 is 0 Å². The first-order chi connectivity index (χ1) is 13.9. The zero-order valence-electron chi connectivity index (χ0n) is 16.1. The molecule has 4 rings (SSSR count). The first kappa shape index (κ1) is 19.5. The Balaban J connectivity index is 1.64. The fourth-order valence-corrected chi connectivity index (χ4v) is 4.13. The maximum atomic E-state index is 13.6. The quantitative estimate of drug-likeness (QED) is 0.834. The van der Waals surface area contributed by atoms with Crippen molar-refractivity contribution in [2.75, 3.05) is 23.3 Å². The fraction of sp³-hybridized carbons (Fsp3) is 0.524. The minimum absolute atomic E-state index is 0.00383. The van der Waals surface area contributed by atoms with Crippen molar-refractivity contribution in [3.8, 4) is 6.07 Å². The van der Waals surface area contributed by atoms with Crippen LogP contribution in [-0.2, 0) is 4.79 Å². The van der Waals surface area contributed by atoms with Gasteiger partial charge in [-0.1, -0.05) is 19.3 Å². The average molecular weight is 399 g/mol. The van der Waals surface area contributed by atoms with Crippen LogP contribution in [-0.4, -0.2) is 34.9 Å². The second-order valence-electron chi connectivity index (χ2n) is 7.90. The van der Waals surface area contributed by atoms with E-state index in [0.29, 0.717) is 22.4 Å². The summed E-state index contributed by atoms with van der Waals surface area (Å²) in [5, 5.41) is 13.6. The number of anilines is 2. The van der Waals surface area contributed by atoms with Crippen molar-refractivity contribution < 1.29 is 13.6 Å². The molecule has 1 aliphatic heterocycles. The summed E-state index contributed by atoms with van der Waals surface area (Å²) in [4.78, 5) is 23.0. The van der Waals surface area contributed by atoms with Crippen LogP contribution in [0.5, 0.6) is 0 Å². The van der Waals surface area contributed by atoms with E-state index in [-0.39, 0.29) is 43.5 Å². The number of aromatic nitrogens is 2. The fourth-order valence-electron chi connectivity index (χ4n) is 4.13. The number of nitrogens with zero attached hydrogens (tertiary/aromatic N) is 4. The first-order valence-corrected chi connectivity index (χ1v) is 10.1. The summed E-state index contributed by atoms with van der Waals surface area (Å²) in [7, 11) is 0. The standard InChI is InChI=1S/C21H23F2N5O/c22-21(23)6-8-28(9-7-21)19-17-11-18(25-13-15(17)10-16(12-24)26-19)27-20(29)14-4-2-1-3-5-14/h10-11,13-14H,1-9H2,(H,25,27,29). The minimum atomic E-state index is -2.67. The Kier molecular flexibility index (Phi) is 5.31. The highest BCUT2D eigenvalue weighted by molar-refractivity contribution is 5.97. The van der Waals surface area contributed by atoms with Crippen molar-refractivity contribution in [1.82, 2.24) is 9.97 Å². The molecule has 0 bridgehead atoms. The maximum absolute atomic E-state index is 13.6. The van der Waals surface area contributed by atoms with E-state index in [1.54, 1.807) is 23.2 Å². The van der Waals surface area contributed by atoms with Gasteiger partial charge >= 0.3 is 0 Å². The third-order valence-corrected chi connectivity index (χ3v) is 5.83. The van der Waals surface area contributed by atoms with Gasteiger partial charge in [-0.25, -0.2) is 18.7 Å². The van der Waals surface area contributed by atoms with E-state index in [2.05, 4.69) is 15.3 Å². The lowest BCUT2D eigenvalue weighted by atomic mass is 9.89. The number of fused-ring (bicyclic) bond motifs is 1. The molecule has 0 atom stereocenters. The van der Waals surface area contributed by atoms with E-state index in [4.69, 9.17) is 0 Å². The van der Waals surface area contributed by atoms with Crippen LogP contribution in [0.2, 0.25) is 0 Å².